The van der Waals surface area contributed by atoms with Crippen LogP contribution in [0.15, 0.2) is 22.6 Å². The number of ether oxygens (including phenoxy) is 3. The second-order valence-electron chi connectivity index (χ2n) is 8.88. The molecule has 1 aliphatic carbocycles. The normalized spacial score (nSPS) is 18.9. The summed E-state index contributed by atoms with van der Waals surface area (Å²) in [4.78, 5) is 25.0. The minimum Gasteiger partial charge on any atom is -0.492 e. The van der Waals surface area contributed by atoms with E-state index in [0.29, 0.717) is 22.3 Å². The first-order valence-electron chi connectivity index (χ1n) is 10.6. The zero-order valence-electron chi connectivity index (χ0n) is 18.9. The molecule has 0 bridgehead atoms. The molecule has 1 aromatic carbocycles. The number of carbonyl (C=O) groups excluding carboxylic acids is 2. The standard InChI is InChI=1S/C23H30N2O6S/c1-23(2,3)31-18(26)12-29-15-8-6-14(7-9-15)25-22(27)20-19(28-4)16-11-13(21(24)32)5-10-17(16)30-20/h5,10-11,14-15H,6-9,12H2,1-4H3,(H2,24,32)(H,25,27). The average Bonchev–Trinajstić information content (AvgIpc) is 3.10. The molecule has 0 saturated heterocycles. The summed E-state index contributed by atoms with van der Waals surface area (Å²) in [5.41, 5.74) is 6.37. The number of nitrogens with one attached hydrogen (secondary N) is 1. The maximum absolute atomic E-state index is 12.9. The molecule has 2 aromatic rings. The van der Waals surface area contributed by atoms with Crippen LogP contribution >= 0.6 is 12.2 Å². The summed E-state index contributed by atoms with van der Waals surface area (Å²) in [5.74, 6) is -0.243. The van der Waals surface area contributed by atoms with Crippen molar-refractivity contribution in [3.63, 3.8) is 0 Å². The lowest BCUT2D eigenvalue weighted by Crippen LogP contribution is -2.39. The minimum atomic E-state index is -0.530. The van der Waals surface area contributed by atoms with E-state index in [0.717, 1.165) is 25.7 Å². The number of thiocarbonyl (C=S) groups is 1. The van der Waals surface area contributed by atoms with E-state index < -0.39 is 5.60 Å². The summed E-state index contributed by atoms with van der Waals surface area (Å²) in [6.07, 6.45) is 2.91. The zero-order valence-corrected chi connectivity index (χ0v) is 19.7. The number of hydrogen-bond donors (Lipinski definition) is 2. The van der Waals surface area contributed by atoms with Gasteiger partial charge in [-0.15, -0.1) is 0 Å². The molecular formula is C23H30N2O6S. The predicted molar refractivity (Wildman–Crippen MR) is 124 cm³/mol. The molecule has 0 radical (unpaired) electrons. The third-order valence-electron chi connectivity index (χ3n) is 5.20. The molecule has 0 aliphatic heterocycles. The molecule has 0 atom stereocenters. The summed E-state index contributed by atoms with van der Waals surface area (Å²) in [5, 5.41) is 3.66. The quantitative estimate of drug-likeness (QED) is 0.475. The molecule has 9 heteroatoms. The Labute approximate surface area is 192 Å². The second kappa shape index (κ2) is 9.87. The van der Waals surface area contributed by atoms with Gasteiger partial charge in [-0.3, -0.25) is 4.79 Å². The Hall–Kier alpha value is -2.65. The summed E-state index contributed by atoms with van der Waals surface area (Å²) in [6.45, 7) is 5.40. The van der Waals surface area contributed by atoms with Crippen LogP contribution in [0.25, 0.3) is 11.0 Å². The topological polar surface area (TPSA) is 113 Å². The van der Waals surface area contributed by atoms with Crippen molar-refractivity contribution in [1.29, 1.82) is 0 Å². The first kappa shape index (κ1) is 24.0. The highest BCUT2D eigenvalue weighted by Crippen LogP contribution is 2.34. The van der Waals surface area contributed by atoms with Crippen LogP contribution in [0.1, 0.15) is 62.6 Å². The number of rotatable bonds is 7. The van der Waals surface area contributed by atoms with Gasteiger partial charge in [-0.25, -0.2) is 4.79 Å². The molecule has 32 heavy (non-hydrogen) atoms. The number of nitrogens with two attached hydrogens (primary N) is 1. The molecule has 0 unspecified atom stereocenters. The first-order chi connectivity index (χ1) is 15.1. The van der Waals surface area contributed by atoms with E-state index in [1.165, 1.54) is 7.11 Å². The Kier molecular flexibility index (Phi) is 7.40. The molecule has 1 saturated carbocycles. The lowest BCUT2D eigenvalue weighted by Gasteiger charge is -2.29. The number of fused-ring (bicyclic) bond motifs is 1. The van der Waals surface area contributed by atoms with E-state index in [1.54, 1.807) is 18.2 Å². The number of hydrogen-bond acceptors (Lipinski definition) is 7. The van der Waals surface area contributed by atoms with Gasteiger partial charge in [0.15, 0.2) is 5.75 Å². The van der Waals surface area contributed by atoms with Gasteiger partial charge in [0.25, 0.3) is 5.91 Å². The first-order valence-corrected chi connectivity index (χ1v) is 11.0. The Bertz CT molecular complexity index is 1000. The third-order valence-corrected chi connectivity index (χ3v) is 5.44. The fourth-order valence-electron chi connectivity index (χ4n) is 3.76. The van der Waals surface area contributed by atoms with Gasteiger partial charge >= 0.3 is 5.97 Å². The smallest absolute Gasteiger partial charge is 0.332 e. The molecule has 174 valence electrons. The molecule has 1 fully saturated rings. The minimum absolute atomic E-state index is 0.0195. The fraction of sp³-hybridized carbons (Fsp3) is 0.522. The van der Waals surface area contributed by atoms with Crippen LogP contribution in [-0.2, 0) is 14.3 Å². The van der Waals surface area contributed by atoms with E-state index in [9.17, 15) is 9.59 Å². The molecule has 1 amide bonds. The highest BCUT2D eigenvalue weighted by molar-refractivity contribution is 7.80. The third kappa shape index (κ3) is 5.98. The Morgan fingerprint density at radius 1 is 1.22 bits per heavy atom. The van der Waals surface area contributed by atoms with E-state index in [4.69, 9.17) is 36.6 Å². The van der Waals surface area contributed by atoms with Crippen molar-refractivity contribution >= 4 is 40.1 Å². The maximum atomic E-state index is 12.9. The van der Waals surface area contributed by atoms with E-state index >= 15 is 0 Å². The van der Waals surface area contributed by atoms with Gasteiger partial charge in [0, 0.05) is 11.6 Å². The van der Waals surface area contributed by atoms with Crippen LogP contribution in [0.3, 0.4) is 0 Å². The van der Waals surface area contributed by atoms with Gasteiger partial charge in [-0.1, -0.05) is 12.2 Å². The van der Waals surface area contributed by atoms with Crippen LogP contribution in [0.4, 0.5) is 0 Å². The largest absolute Gasteiger partial charge is 0.492 e. The van der Waals surface area contributed by atoms with Crippen LogP contribution in [0.5, 0.6) is 5.75 Å². The summed E-state index contributed by atoms with van der Waals surface area (Å²) in [6, 6.07) is 5.20. The second-order valence-corrected chi connectivity index (χ2v) is 9.32. The summed E-state index contributed by atoms with van der Waals surface area (Å²) >= 11 is 5.03. The van der Waals surface area contributed by atoms with Gasteiger partial charge in [-0.05, 0) is 64.7 Å². The molecule has 1 heterocycles. The van der Waals surface area contributed by atoms with Crippen molar-refractivity contribution in [2.24, 2.45) is 5.73 Å². The number of amides is 1. The molecule has 1 aliphatic rings. The van der Waals surface area contributed by atoms with Gasteiger partial charge in [0.1, 0.15) is 22.8 Å². The SMILES string of the molecule is COc1c(C(=O)NC2CCC(OCC(=O)OC(C)(C)C)CC2)oc2ccc(C(N)=S)cc12. The van der Waals surface area contributed by atoms with Crippen molar-refractivity contribution in [2.45, 2.75) is 64.2 Å². The predicted octanol–water partition coefficient (Wildman–Crippen LogP) is 3.47. The van der Waals surface area contributed by atoms with Crippen molar-refractivity contribution in [3.05, 3.63) is 29.5 Å². The summed E-state index contributed by atoms with van der Waals surface area (Å²) in [7, 11) is 1.49. The Morgan fingerprint density at radius 3 is 2.50 bits per heavy atom. The van der Waals surface area contributed by atoms with E-state index in [2.05, 4.69) is 5.32 Å². The fourth-order valence-corrected chi connectivity index (χ4v) is 3.89. The lowest BCUT2D eigenvalue weighted by molar-refractivity contribution is -0.162. The lowest BCUT2D eigenvalue weighted by atomic mass is 9.93. The Morgan fingerprint density at radius 2 is 1.91 bits per heavy atom. The Balaban J connectivity index is 1.56. The number of esters is 1. The van der Waals surface area contributed by atoms with Crippen LogP contribution in [0.2, 0.25) is 0 Å². The molecule has 3 rings (SSSR count). The van der Waals surface area contributed by atoms with Gasteiger partial charge in [0.2, 0.25) is 5.76 Å². The molecule has 8 nitrogen and oxygen atoms in total. The van der Waals surface area contributed by atoms with Crippen LogP contribution in [-0.4, -0.2) is 48.3 Å². The highest BCUT2D eigenvalue weighted by Gasteiger charge is 2.28. The van der Waals surface area contributed by atoms with Crippen molar-refractivity contribution < 1.29 is 28.2 Å². The monoisotopic (exact) mass is 462 g/mol. The maximum Gasteiger partial charge on any atom is 0.332 e. The highest BCUT2D eigenvalue weighted by atomic mass is 32.1. The van der Waals surface area contributed by atoms with E-state index in [1.807, 2.05) is 20.8 Å². The number of methoxy groups -OCH3 is 1. The van der Waals surface area contributed by atoms with Crippen molar-refractivity contribution in [1.82, 2.24) is 5.32 Å². The average molecular weight is 463 g/mol. The number of benzene rings is 1. The van der Waals surface area contributed by atoms with E-state index in [-0.39, 0.29) is 41.4 Å². The van der Waals surface area contributed by atoms with Gasteiger partial charge < -0.3 is 29.7 Å². The molecule has 1 aromatic heterocycles. The number of furan rings is 1. The van der Waals surface area contributed by atoms with Gasteiger partial charge in [-0.2, -0.15) is 0 Å². The van der Waals surface area contributed by atoms with Crippen LogP contribution < -0.4 is 15.8 Å². The van der Waals surface area contributed by atoms with Crippen molar-refractivity contribution in [2.75, 3.05) is 13.7 Å². The van der Waals surface area contributed by atoms with Crippen LogP contribution in [0, 0.1) is 0 Å². The molecule has 3 N–H and O–H groups in total. The molecule has 0 spiro atoms. The van der Waals surface area contributed by atoms with Crippen molar-refractivity contribution in [3.8, 4) is 5.75 Å². The van der Waals surface area contributed by atoms with Gasteiger partial charge in [0.05, 0.1) is 18.6 Å². The number of carbonyl (C=O) groups is 2. The zero-order chi connectivity index (χ0) is 23.5. The molecular weight excluding hydrogens is 432 g/mol. The summed E-state index contributed by atoms with van der Waals surface area (Å²) < 4.78 is 22.2.